The van der Waals surface area contributed by atoms with Crippen LogP contribution in [-0.4, -0.2) is 29.4 Å². The molecule has 2 N–H and O–H groups in total. The highest BCUT2D eigenvalue weighted by molar-refractivity contribution is 5.92. The van der Waals surface area contributed by atoms with Crippen LogP contribution in [0.15, 0.2) is 43.0 Å². The standard InChI is InChI=1S/C15H14N4O3/c1-2-7-16-15(20)11-4-6-14(19-18-11)17-10-3-5-12-13(8-10)22-9-21-12/h2-6,8H,1,7,9H2,(H,16,20)(H,17,19). The number of rotatable bonds is 5. The molecule has 3 rings (SSSR count). The van der Waals surface area contributed by atoms with Gasteiger partial charge in [-0.05, 0) is 24.3 Å². The molecule has 0 saturated heterocycles. The van der Waals surface area contributed by atoms with E-state index < -0.39 is 0 Å². The number of aromatic nitrogens is 2. The van der Waals surface area contributed by atoms with Crippen LogP contribution in [0.1, 0.15) is 10.5 Å². The molecule has 0 unspecified atom stereocenters. The third kappa shape index (κ3) is 2.98. The molecule has 2 aromatic rings. The quantitative estimate of drug-likeness (QED) is 0.820. The number of carbonyl (C=O) groups excluding carboxylic acids is 1. The van der Waals surface area contributed by atoms with Crippen molar-refractivity contribution in [2.24, 2.45) is 0 Å². The van der Waals surface area contributed by atoms with Crippen molar-refractivity contribution in [2.45, 2.75) is 0 Å². The summed E-state index contributed by atoms with van der Waals surface area (Å²) in [5, 5.41) is 13.6. The fourth-order valence-electron chi connectivity index (χ4n) is 1.90. The Morgan fingerprint density at radius 1 is 1.23 bits per heavy atom. The molecule has 2 heterocycles. The molecular weight excluding hydrogens is 284 g/mol. The SMILES string of the molecule is C=CCNC(=O)c1ccc(Nc2ccc3c(c2)OCO3)nn1. The van der Waals surface area contributed by atoms with E-state index >= 15 is 0 Å². The molecule has 0 atom stereocenters. The van der Waals surface area contributed by atoms with Crippen LogP contribution in [0.25, 0.3) is 0 Å². The van der Waals surface area contributed by atoms with Gasteiger partial charge in [-0.25, -0.2) is 0 Å². The Morgan fingerprint density at radius 2 is 2.09 bits per heavy atom. The summed E-state index contributed by atoms with van der Waals surface area (Å²) in [5.41, 5.74) is 1.04. The molecule has 1 aliphatic rings. The number of fused-ring (bicyclic) bond motifs is 1. The lowest BCUT2D eigenvalue weighted by atomic mass is 10.2. The number of carbonyl (C=O) groups is 1. The fraction of sp³-hybridized carbons (Fsp3) is 0.133. The van der Waals surface area contributed by atoms with Gasteiger partial charge in [-0.2, -0.15) is 0 Å². The molecule has 0 saturated carbocycles. The molecule has 0 fully saturated rings. The minimum absolute atomic E-state index is 0.229. The van der Waals surface area contributed by atoms with Gasteiger partial charge in [0.15, 0.2) is 23.0 Å². The van der Waals surface area contributed by atoms with Crippen LogP contribution in [-0.2, 0) is 0 Å². The average Bonchev–Trinajstić information content (AvgIpc) is 3.01. The van der Waals surface area contributed by atoms with Crippen LogP contribution in [0.3, 0.4) is 0 Å². The summed E-state index contributed by atoms with van der Waals surface area (Å²) in [5.74, 6) is 1.63. The number of hydrogen-bond acceptors (Lipinski definition) is 6. The van der Waals surface area contributed by atoms with Gasteiger partial charge in [-0.15, -0.1) is 16.8 Å². The molecule has 112 valence electrons. The van der Waals surface area contributed by atoms with Crippen LogP contribution in [0.4, 0.5) is 11.5 Å². The van der Waals surface area contributed by atoms with E-state index in [0.717, 1.165) is 5.69 Å². The summed E-state index contributed by atoms with van der Waals surface area (Å²) in [6.45, 7) is 4.15. The predicted octanol–water partition coefficient (Wildman–Crippen LogP) is 1.86. The van der Waals surface area contributed by atoms with E-state index in [4.69, 9.17) is 9.47 Å². The normalized spacial score (nSPS) is 11.8. The second-order valence-electron chi connectivity index (χ2n) is 4.50. The van der Waals surface area contributed by atoms with Gasteiger partial charge < -0.3 is 20.1 Å². The van der Waals surface area contributed by atoms with Crippen LogP contribution in [0, 0.1) is 0 Å². The first-order valence-corrected chi connectivity index (χ1v) is 6.66. The van der Waals surface area contributed by atoms with Crippen molar-refractivity contribution in [1.82, 2.24) is 15.5 Å². The molecule has 0 spiro atoms. The van der Waals surface area contributed by atoms with Gasteiger partial charge in [0.25, 0.3) is 5.91 Å². The first-order chi connectivity index (χ1) is 10.8. The molecule has 0 aliphatic carbocycles. The molecule has 7 heteroatoms. The van der Waals surface area contributed by atoms with Crippen molar-refractivity contribution in [2.75, 3.05) is 18.7 Å². The van der Waals surface area contributed by atoms with E-state index in [-0.39, 0.29) is 18.4 Å². The highest BCUT2D eigenvalue weighted by Crippen LogP contribution is 2.34. The summed E-state index contributed by atoms with van der Waals surface area (Å²) < 4.78 is 10.6. The first-order valence-electron chi connectivity index (χ1n) is 6.66. The second kappa shape index (κ2) is 6.13. The maximum absolute atomic E-state index is 11.7. The van der Waals surface area contributed by atoms with Crippen molar-refractivity contribution >= 4 is 17.4 Å². The molecule has 7 nitrogen and oxygen atoms in total. The van der Waals surface area contributed by atoms with Crippen molar-refractivity contribution in [3.05, 3.63) is 48.7 Å². The Balaban J connectivity index is 1.68. The largest absolute Gasteiger partial charge is 0.454 e. The topological polar surface area (TPSA) is 85.4 Å². The van der Waals surface area contributed by atoms with Crippen molar-refractivity contribution < 1.29 is 14.3 Å². The third-order valence-electron chi connectivity index (χ3n) is 2.95. The number of benzene rings is 1. The number of amides is 1. The Hall–Kier alpha value is -3.09. The van der Waals surface area contributed by atoms with Crippen LogP contribution >= 0.6 is 0 Å². The van der Waals surface area contributed by atoms with E-state index in [2.05, 4.69) is 27.4 Å². The molecule has 22 heavy (non-hydrogen) atoms. The molecule has 1 aliphatic heterocycles. The van der Waals surface area contributed by atoms with Gasteiger partial charge in [0.1, 0.15) is 0 Å². The van der Waals surface area contributed by atoms with E-state index in [1.54, 1.807) is 18.2 Å². The van der Waals surface area contributed by atoms with Crippen molar-refractivity contribution in [3.63, 3.8) is 0 Å². The Labute approximate surface area is 127 Å². The maximum Gasteiger partial charge on any atom is 0.272 e. The van der Waals surface area contributed by atoms with Crippen molar-refractivity contribution in [1.29, 1.82) is 0 Å². The van der Waals surface area contributed by atoms with Gasteiger partial charge >= 0.3 is 0 Å². The number of anilines is 2. The summed E-state index contributed by atoms with van der Waals surface area (Å²) in [4.78, 5) is 11.7. The molecule has 1 aromatic carbocycles. The fourth-order valence-corrected chi connectivity index (χ4v) is 1.90. The number of nitrogens with zero attached hydrogens (tertiary/aromatic N) is 2. The predicted molar refractivity (Wildman–Crippen MR) is 80.4 cm³/mol. The monoisotopic (exact) mass is 298 g/mol. The molecule has 1 amide bonds. The minimum atomic E-state index is -0.290. The molecule has 0 radical (unpaired) electrons. The summed E-state index contributed by atoms with van der Waals surface area (Å²) >= 11 is 0. The minimum Gasteiger partial charge on any atom is -0.454 e. The Bertz CT molecular complexity index is 700. The van der Waals surface area contributed by atoms with Gasteiger partial charge in [-0.3, -0.25) is 4.79 Å². The lowest BCUT2D eigenvalue weighted by Crippen LogP contribution is -2.24. The zero-order valence-electron chi connectivity index (χ0n) is 11.7. The zero-order chi connectivity index (χ0) is 15.4. The van der Waals surface area contributed by atoms with E-state index in [9.17, 15) is 4.79 Å². The zero-order valence-corrected chi connectivity index (χ0v) is 11.7. The van der Waals surface area contributed by atoms with Crippen LogP contribution < -0.4 is 20.1 Å². The van der Waals surface area contributed by atoms with E-state index in [1.807, 2.05) is 18.2 Å². The molecule has 1 aromatic heterocycles. The van der Waals surface area contributed by atoms with Crippen LogP contribution in [0.2, 0.25) is 0 Å². The maximum atomic E-state index is 11.7. The number of hydrogen-bond donors (Lipinski definition) is 2. The summed E-state index contributed by atoms with van der Waals surface area (Å²) in [6.07, 6.45) is 1.60. The number of nitrogens with one attached hydrogen (secondary N) is 2. The highest BCUT2D eigenvalue weighted by Gasteiger charge is 2.13. The van der Waals surface area contributed by atoms with Crippen LogP contribution in [0.5, 0.6) is 11.5 Å². The Kier molecular flexibility index (Phi) is 3.86. The lowest BCUT2D eigenvalue weighted by Gasteiger charge is -2.06. The van der Waals surface area contributed by atoms with Crippen molar-refractivity contribution in [3.8, 4) is 11.5 Å². The first kappa shape index (κ1) is 13.9. The summed E-state index contributed by atoms with van der Waals surface area (Å²) in [6, 6.07) is 8.75. The third-order valence-corrected chi connectivity index (χ3v) is 2.95. The molecular formula is C15H14N4O3. The van der Waals surface area contributed by atoms with E-state index in [0.29, 0.717) is 23.9 Å². The Morgan fingerprint density at radius 3 is 2.86 bits per heavy atom. The number of ether oxygens (including phenoxy) is 2. The average molecular weight is 298 g/mol. The van der Waals surface area contributed by atoms with E-state index in [1.165, 1.54) is 0 Å². The van der Waals surface area contributed by atoms with Gasteiger partial charge in [0.05, 0.1) is 0 Å². The lowest BCUT2D eigenvalue weighted by molar-refractivity contribution is 0.0952. The molecule has 0 bridgehead atoms. The van der Waals surface area contributed by atoms with Gasteiger partial charge in [0.2, 0.25) is 6.79 Å². The van der Waals surface area contributed by atoms with Gasteiger partial charge in [0, 0.05) is 18.3 Å². The summed E-state index contributed by atoms with van der Waals surface area (Å²) in [7, 11) is 0. The smallest absolute Gasteiger partial charge is 0.272 e. The highest BCUT2D eigenvalue weighted by atomic mass is 16.7. The van der Waals surface area contributed by atoms with Gasteiger partial charge in [-0.1, -0.05) is 6.08 Å². The second-order valence-corrected chi connectivity index (χ2v) is 4.50.